The molecule has 0 saturated carbocycles. The summed E-state index contributed by atoms with van der Waals surface area (Å²) in [5, 5.41) is 5.13. The first-order valence-corrected chi connectivity index (χ1v) is 9.35. The summed E-state index contributed by atoms with van der Waals surface area (Å²) in [6, 6.07) is 30.6. The van der Waals surface area contributed by atoms with E-state index in [1.165, 1.54) is 33.3 Å². The minimum absolute atomic E-state index is 0.201. The number of hydrogen-bond donors (Lipinski definition) is 2. The van der Waals surface area contributed by atoms with Crippen molar-refractivity contribution in [1.29, 1.82) is 0 Å². The van der Waals surface area contributed by atoms with E-state index in [4.69, 9.17) is 0 Å². The number of hydrogen-bond acceptors (Lipinski definition) is 1. The molecule has 1 aliphatic heterocycles. The van der Waals surface area contributed by atoms with Crippen molar-refractivity contribution in [1.82, 2.24) is 10.3 Å². The lowest BCUT2D eigenvalue weighted by Crippen LogP contribution is -2.22. The van der Waals surface area contributed by atoms with E-state index in [1.807, 2.05) is 0 Å². The van der Waals surface area contributed by atoms with Crippen molar-refractivity contribution >= 4 is 10.9 Å². The first-order valence-electron chi connectivity index (χ1n) is 9.35. The highest BCUT2D eigenvalue weighted by Crippen LogP contribution is 2.41. The second-order valence-corrected chi connectivity index (χ2v) is 7.05. The molecule has 0 spiro atoms. The summed E-state index contributed by atoms with van der Waals surface area (Å²) in [5.74, 6) is 0.406. The second-order valence-electron chi connectivity index (χ2n) is 7.05. The molecule has 0 fully saturated rings. The summed E-state index contributed by atoms with van der Waals surface area (Å²) in [6.07, 6.45) is 1.10. The molecule has 2 atom stereocenters. The van der Waals surface area contributed by atoms with Crippen LogP contribution in [-0.2, 0) is 0 Å². The van der Waals surface area contributed by atoms with Gasteiger partial charge in [-0.25, -0.2) is 0 Å². The predicted molar refractivity (Wildman–Crippen MR) is 107 cm³/mol. The molecular weight excluding hydrogens is 316 g/mol. The van der Waals surface area contributed by atoms with Crippen molar-refractivity contribution in [2.75, 3.05) is 6.54 Å². The van der Waals surface area contributed by atoms with E-state index in [9.17, 15) is 0 Å². The lowest BCUT2D eigenvalue weighted by Gasteiger charge is -2.18. The highest BCUT2D eigenvalue weighted by molar-refractivity contribution is 5.86. The van der Waals surface area contributed by atoms with Crippen LogP contribution >= 0.6 is 0 Å². The Morgan fingerprint density at radius 1 is 0.692 bits per heavy atom. The van der Waals surface area contributed by atoms with Gasteiger partial charge >= 0.3 is 0 Å². The van der Waals surface area contributed by atoms with E-state index < -0.39 is 0 Å². The van der Waals surface area contributed by atoms with Gasteiger partial charge in [-0.3, -0.25) is 0 Å². The van der Waals surface area contributed by atoms with E-state index in [0.29, 0.717) is 5.92 Å². The van der Waals surface area contributed by atoms with Crippen molar-refractivity contribution < 1.29 is 0 Å². The van der Waals surface area contributed by atoms with Crippen LogP contribution in [0.4, 0.5) is 0 Å². The van der Waals surface area contributed by atoms with Gasteiger partial charge in [0.25, 0.3) is 0 Å². The SMILES string of the molecule is c1ccc([C@H]2CCN[C@H](c3ccccc3)c3[nH]c4ccccc4c32)cc1. The summed E-state index contributed by atoms with van der Waals surface area (Å²) in [7, 11) is 0. The molecule has 26 heavy (non-hydrogen) atoms. The van der Waals surface area contributed by atoms with Gasteiger partial charge in [-0.05, 0) is 35.7 Å². The summed E-state index contributed by atoms with van der Waals surface area (Å²) in [4.78, 5) is 3.74. The minimum atomic E-state index is 0.201. The average Bonchev–Trinajstić information content (AvgIpc) is 2.98. The van der Waals surface area contributed by atoms with E-state index >= 15 is 0 Å². The first kappa shape index (κ1) is 15.4. The maximum absolute atomic E-state index is 3.78. The summed E-state index contributed by atoms with van der Waals surface area (Å²) < 4.78 is 0. The number of para-hydroxylation sites is 1. The molecule has 2 nitrogen and oxygen atoms in total. The summed E-state index contributed by atoms with van der Waals surface area (Å²) in [5.41, 5.74) is 6.69. The smallest absolute Gasteiger partial charge is 0.0732 e. The van der Waals surface area contributed by atoms with Crippen molar-refractivity contribution in [3.8, 4) is 0 Å². The molecule has 2 heteroatoms. The van der Waals surface area contributed by atoms with E-state index in [1.54, 1.807) is 0 Å². The molecular formula is C24H22N2. The third-order valence-corrected chi connectivity index (χ3v) is 5.53. The van der Waals surface area contributed by atoms with Gasteiger partial charge in [0.1, 0.15) is 0 Å². The van der Waals surface area contributed by atoms with E-state index in [0.717, 1.165) is 13.0 Å². The Balaban J connectivity index is 1.75. The molecule has 5 rings (SSSR count). The lowest BCUT2D eigenvalue weighted by atomic mass is 9.86. The number of aromatic nitrogens is 1. The fourth-order valence-corrected chi connectivity index (χ4v) is 4.35. The fraction of sp³-hybridized carbons (Fsp3) is 0.167. The molecule has 2 N–H and O–H groups in total. The van der Waals surface area contributed by atoms with Gasteiger partial charge in [-0.1, -0.05) is 78.9 Å². The first-order chi connectivity index (χ1) is 12.9. The maximum Gasteiger partial charge on any atom is 0.0732 e. The van der Waals surface area contributed by atoms with Crippen molar-refractivity contribution in [3.05, 3.63) is 107 Å². The molecule has 0 radical (unpaired) electrons. The van der Waals surface area contributed by atoms with Crippen molar-refractivity contribution in [2.24, 2.45) is 0 Å². The van der Waals surface area contributed by atoms with Crippen LogP contribution in [0.2, 0.25) is 0 Å². The Bertz CT molecular complexity index is 1020. The van der Waals surface area contributed by atoms with Crippen LogP contribution in [0.5, 0.6) is 0 Å². The zero-order chi connectivity index (χ0) is 17.3. The molecule has 0 unspecified atom stereocenters. The highest BCUT2D eigenvalue weighted by atomic mass is 15.0. The third kappa shape index (κ3) is 2.54. The van der Waals surface area contributed by atoms with Crippen molar-refractivity contribution in [2.45, 2.75) is 18.4 Å². The largest absolute Gasteiger partial charge is 0.357 e. The van der Waals surface area contributed by atoms with Crippen LogP contribution in [-0.4, -0.2) is 11.5 Å². The molecule has 4 aromatic rings. The monoisotopic (exact) mass is 338 g/mol. The maximum atomic E-state index is 3.78. The molecule has 0 aliphatic carbocycles. The van der Waals surface area contributed by atoms with Crippen LogP contribution in [0.25, 0.3) is 10.9 Å². The lowest BCUT2D eigenvalue weighted by molar-refractivity contribution is 0.589. The Hall–Kier alpha value is -2.84. The Kier molecular flexibility index (Phi) is 3.84. The van der Waals surface area contributed by atoms with Gasteiger partial charge in [0, 0.05) is 22.5 Å². The second kappa shape index (κ2) is 6.47. The number of fused-ring (bicyclic) bond motifs is 3. The molecule has 1 aromatic heterocycles. The summed E-state index contributed by atoms with van der Waals surface area (Å²) >= 11 is 0. The third-order valence-electron chi connectivity index (χ3n) is 5.53. The van der Waals surface area contributed by atoms with Gasteiger partial charge in [-0.2, -0.15) is 0 Å². The molecule has 2 heterocycles. The minimum Gasteiger partial charge on any atom is -0.357 e. The normalized spacial score (nSPS) is 19.8. The van der Waals surface area contributed by atoms with E-state index in [-0.39, 0.29) is 6.04 Å². The quantitative estimate of drug-likeness (QED) is 0.504. The van der Waals surface area contributed by atoms with Crippen LogP contribution in [0.3, 0.4) is 0 Å². The van der Waals surface area contributed by atoms with Gasteiger partial charge in [0.05, 0.1) is 6.04 Å². The Morgan fingerprint density at radius 2 is 1.35 bits per heavy atom. The van der Waals surface area contributed by atoms with Crippen LogP contribution < -0.4 is 5.32 Å². The highest BCUT2D eigenvalue weighted by Gasteiger charge is 2.30. The molecule has 128 valence electrons. The molecule has 0 amide bonds. The standard InChI is InChI=1S/C24H22N2/c1-3-9-17(10-4-1)19-15-16-25-23(18-11-5-2-6-12-18)24-22(19)20-13-7-8-14-21(20)26-24/h1-14,19,23,25-26H,15-16H2/t19-,23-/m1/s1. The van der Waals surface area contributed by atoms with Gasteiger partial charge in [0.15, 0.2) is 0 Å². The topological polar surface area (TPSA) is 27.8 Å². The molecule has 3 aromatic carbocycles. The number of H-pyrrole nitrogens is 1. The number of benzene rings is 3. The van der Waals surface area contributed by atoms with Gasteiger partial charge in [-0.15, -0.1) is 0 Å². The predicted octanol–water partition coefficient (Wildman–Crippen LogP) is 5.38. The van der Waals surface area contributed by atoms with Gasteiger partial charge < -0.3 is 10.3 Å². The zero-order valence-electron chi connectivity index (χ0n) is 14.7. The Morgan fingerprint density at radius 3 is 2.12 bits per heavy atom. The van der Waals surface area contributed by atoms with Crippen LogP contribution in [0, 0.1) is 0 Å². The Labute approximate surface area is 153 Å². The average molecular weight is 338 g/mol. The molecule has 1 aliphatic rings. The van der Waals surface area contributed by atoms with Crippen LogP contribution in [0.15, 0.2) is 84.9 Å². The molecule has 0 bridgehead atoms. The number of rotatable bonds is 2. The van der Waals surface area contributed by atoms with Crippen LogP contribution in [0.1, 0.15) is 40.8 Å². The number of aromatic amines is 1. The van der Waals surface area contributed by atoms with E-state index in [2.05, 4.69) is 95.2 Å². The number of nitrogens with one attached hydrogen (secondary N) is 2. The van der Waals surface area contributed by atoms with Gasteiger partial charge in [0.2, 0.25) is 0 Å². The fourth-order valence-electron chi connectivity index (χ4n) is 4.35. The van der Waals surface area contributed by atoms with Crippen molar-refractivity contribution in [3.63, 3.8) is 0 Å². The summed E-state index contributed by atoms with van der Waals surface area (Å²) in [6.45, 7) is 0.996. The zero-order valence-corrected chi connectivity index (χ0v) is 14.7. The molecule has 0 saturated heterocycles.